The van der Waals surface area contributed by atoms with E-state index in [1.807, 2.05) is 51.1 Å². The Labute approximate surface area is 143 Å². The number of halogens is 1. The number of benzene rings is 1. The molecular weight excluding hydrogens is 312 g/mol. The number of anilines is 1. The van der Waals surface area contributed by atoms with Gasteiger partial charge in [-0.3, -0.25) is 4.79 Å². The van der Waals surface area contributed by atoms with Gasteiger partial charge in [-0.1, -0.05) is 13.8 Å². The van der Waals surface area contributed by atoms with Gasteiger partial charge in [-0.2, -0.15) is 0 Å². The van der Waals surface area contributed by atoms with Crippen molar-refractivity contribution in [2.24, 2.45) is 11.7 Å². The Hall–Kier alpha value is -1.98. The van der Waals surface area contributed by atoms with Crippen LogP contribution in [0.15, 0.2) is 36.5 Å². The fourth-order valence-corrected chi connectivity index (χ4v) is 2.14. The van der Waals surface area contributed by atoms with Crippen molar-refractivity contribution in [1.82, 2.24) is 9.97 Å². The van der Waals surface area contributed by atoms with Gasteiger partial charge in [0.15, 0.2) is 5.82 Å². The molecule has 3 N–H and O–H groups in total. The molecule has 1 aromatic heterocycles. The van der Waals surface area contributed by atoms with Crippen LogP contribution >= 0.6 is 12.4 Å². The minimum Gasteiger partial charge on any atom is -0.325 e. The van der Waals surface area contributed by atoms with Gasteiger partial charge in [0, 0.05) is 23.1 Å². The van der Waals surface area contributed by atoms with Crippen LogP contribution in [-0.4, -0.2) is 21.9 Å². The molecule has 0 aliphatic heterocycles. The summed E-state index contributed by atoms with van der Waals surface area (Å²) in [5.41, 5.74) is 8.42. The molecule has 2 rings (SSSR count). The van der Waals surface area contributed by atoms with Gasteiger partial charge in [0.1, 0.15) is 0 Å². The highest BCUT2D eigenvalue weighted by Crippen LogP contribution is 2.18. The predicted molar refractivity (Wildman–Crippen MR) is 95.5 cm³/mol. The first-order valence-electron chi connectivity index (χ1n) is 7.42. The van der Waals surface area contributed by atoms with Crippen molar-refractivity contribution in [2.75, 3.05) is 5.32 Å². The van der Waals surface area contributed by atoms with Gasteiger partial charge in [0.25, 0.3) is 0 Å². The molecule has 0 fully saturated rings. The van der Waals surface area contributed by atoms with Gasteiger partial charge < -0.3 is 11.1 Å². The fraction of sp³-hybridized carbons (Fsp3) is 0.353. The lowest BCUT2D eigenvalue weighted by atomic mass is 10.0. The molecule has 5 nitrogen and oxygen atoms in total. The van der Waals surface area contributed by atoms with Crippen molar-refractivity contribution in [3.05, 3.63) is 42.2 Å². The molecule has 0 spiro atoms. The maximum atomic E-state index is 12.0. The van der Waals surface area contributed by atoms with E-state index >= 15 is 0 Å². The van der Waals surface area contributed by atoms with Crippen molar-refractivity contribution >= 4 is 24.0 Å². The molecule has 0 saturated heterocycles. The zero-order valence-corrected chi connectivity index (χ0v) is 14.4. The quantitative estimate of drug-likeness (QED) is 0.879. The molecule has 1 amide bonds. The minimum absolute atomic E-state index is 0. The average Bonchev–Trinajstić information content (AvgIpc) is 2.47. The van der Waals surface area contributed by atoms with Crippen LogP contribution in [0.4, 0.5) is 5.69 Å². The molecule has 2 aromatic rings. The Balaban J connectivity index is 0.00000264. The molecule has 124 valence electrons. The molecule has 1 aromatic carbocycles. The number of nitrogens with zero attached hydrogens (tertiary/aromatic N) is 2. The standard InChI is InChI=1S/C17H22N4O.ClH/c1-11(2)10-15(18)17(22)21-14-6-4-13(5-7-14)16-19-9-8-12(3)20-16;/h4-9,11,15H,10,18H2,1-3H3,(H,21,22);1H/t15-;/m0./s1. The second kappa shape index (κ2) is 8.60. The summed E-state index contributed by atoms with van der Waals surface area (Å²) in [5.74, 6) is 0.907. The number of carbonyl (C=O) groups is 1. The van der Waals surface area contributed by atoms with Crippen LogP contribution in [-0.2, 0) is 4.79 Å². The van der Waals surface area contributed by atoms with Crippen LogP contribution in [0.2, 0.25) is 0 Å². The van der Waals surface area contributed by atoms with Gasteiger partial charge >= 0.3 is 0 Å². The van der Waals surface area contributed by atoms with Crippen LogP contribution in [0.5, 0.6) is 0 Å². The number of hydrogen-bond donors (Lipinski definition) is 2. The third-order valence-electron chi connectivity index (χ3n) is 3.27. The highest BCUT2D eigenvalue weighted by Gasteiger charge is 2.15. The first-order valence-corrected chi connectivity index (χ1v) is 7.42. The van der Waals surface area contributed by atoms with E-state index in [9.17, 15) is 4.79 Å². The van der Waals surface area contributed by atoms with Crippen molar-refractivity contribution in [3.63, 3.8) is 0 Å². The van der Waals surface area contributed by atoms with E-state index in [2.05, 4.69) is 15.3 Å². The number of aryl methyl sites for hydroxylation is 1. The largest absolute Gasteiger partial charge is 0.325 e. The van der Waals surface area contributed by atoms with Gasteiger partial charge in [-0.25, -0.2) is 9.97 Å². The topological polar surface area (TPSA) is 80.9 Å². The molecule has 0 aliphatic rings. The van der Waals surface area contributed by atoms with E-state index in [-0.39, 0.29) is 18.3 Å². The summed E-state index contributed by atoms with van der Waals surface area (Å²) in [4.78, 5) is 20.6. The molecule has 6 heteroatoms. The Bertz CT molecular complexity index is 643. The van der Waals surface area contributed by atoms with Gasteiger partial charge in [-0.15, -0.1) is 12.4 Å². The van der Waals surface area contributed by atoms with Gasteiger partial charge in [0.2, 0.25) is 5.91 Å². The molecular formula is C17H23ClN4O. The number of carbonyl (C=O) groups excluding carboxylic acids is 1. The number of hydrogen-bond acceptors (Lipinski definition) is 4. The summed E-state index contributed by atoms with van der Waals surface area (Å²) in [6.07, 6.45) is 2.40. The van der Waals surface area contributed by atoms with E-state index in [0.29, 0.717) is 18.2 Å². The lowest BCUT2D eigenvalue weighted by Crippen LogP contribution is -2.36. The zero-order chi connectivity index (χ0) is 16.1. The van der Waals surface area contributed by atoms with E-state index < -0.39 is 6.04 Å². The van der Waals surface area contributed by atoms with E-state index in [1.54, 1.807) is 6.20 Å². The van der Waals surface area contributed by atoms with Crippen molar-refractivity contribution < 1.29 is 4.79 Å². The summed E-state index contributed by atoms with van der Waals surface area (Å²) in [6, 6.07) is 8.81. The molecule has 1 atom stereocenters. The Morgan fingerprint density at radius 3 is 2.43 bits per heavy atom. The molecule has 0 bridgehead atoms. The Kier molecular flexibility index (Phi) is 7.13. The third kappa shape index (κ3) is 5.62. The van der Waals surface area contributed by atoms with Crippen LogP contribution < -0.4 is 11.1 Å². The second-order valence-corrected chi connectivity index (χ2v) is 5.82. The van der Waals surface area contributed by atoms with Crippen LogP contribution in [0.3, 0.4) is 0 Å². The molecule has 0 unspecified atom stereocenters. The first-order chi connectivity index (χ1) is 10.5. The Morgan fingerprint density at radius 2 is 1.87 bits per heavy atom. The summed E-state index contributed by atoms with van der Waals surface area (Å²) in [6.45, 7) is 6.02. The zero-order valence-electron chi connectivity index (χ0n) is 13.6. The van der Waals surface area contributed by atoms with Crippen molar-refractivity contribution in [1.29, 1.82) is 0 Å². The number of amides is 1. The van der Waals surface area contributed by atoms with E-state index in [0.717, 1.165) is 16.9 Å². The number of aromatic nitrogens is 2. The summed E-state index contributed by atoms with van der Waals surface area (Å²) >= 11 is 0. The smallest absolute Gasteiger partial charge is 0.241 e. The molecule has 0 aliphatic carbocycles. The van der Waals surface area contributed by atoms with E-state index in [4.69, 9.17) is 5.73 Å². The van der Waals surface area contributed by atoms with Gasteiger partial charge in [-0.05, 0) is 49.6 Å². The van der Waals surface area contributed by atoms with E-state index in [1.165, 1.54) is 0 Å². The number of nitrogens with two attached hydrogens (primary N) is 1. The average molecular weight is 335 g/mol. The summed E-state index contributed by atoms with van der Waals surface area (Å²) in [5, 5.41) is 2.83. The summed E-state index contributed by atoms with van der Waals surface area (Å²) < 4.78 is 0. The number of nitrogens with one attached hydrogen (secondary N) is 1. The minimum atomic E-state index is -0.486. The highest BCUT2D eigenvalue weighted by atomic mass is 35.5. The van der Waals surface area contributed by atoms with Crippen LogP contribution in [0, 0.1) is 12.8 Å². The molecule has 1 heterocycles. The number of rotatable bonds is 5. The van der Waals surface area contributed by atoms with Gasteiger partial charge in [0.05, 0.1) is 6.04 Å². The maximum absolute atomic E-state index is 12.0. The van der Waals surface area contributed by atoms with Crippen LogP contribution in [0.25, 0.3) is 11.4 Å². The van der Waals surface area contributed by atoms with Crippen molar-refractivity contribution in [3.8, 4) is 11.4 Å². The Morgan fingerprint density at radius 1 is 1.22 bits per heavy atom. The summed E-state index contributed by atoms with van der Waals surface area (Å²) in [7, 11) is 0. The molecule has 0 saturated carbocycles. The molecule has 0 radical (unpaired) electrons. The SMILES string of the molecule is Cc1ccnc(-c2ccc(NC(=O)[C@@H](N)CC(C)C)cc2)n1.Cl. The lowest BCUT2D eigenvalue weighted by molar-refractivity contribution is -0.117. The van der Waals surface area contributed by atoms with Crippen LogP contribution in [0.1, 0.15) is 26.0 Å². The monoisotopic (exact) mass is 334 g/mol. The van der Waals surface area contributed by atoms with Crippen molar-refractivity contribution in [2.45, 2.75) is 33.2 Å². The normalized spacial score (nSPS) is 11.7. The lowest BCUT2D eigenvalue weighted by Gasteiger charge is -2.14. The third-order valence-corrected chi connectivity index (χ3v) is 3.27. The maximum Gasteiger partial charge on any atom is 0.241 e. The molecule has 23 heavy (non-hydrogen) atoms. The first kappa shape index (κ1) is 19.1. The fourth-order valence-electron chi connectivity index (χ4n) is 2.14. The highest BCUT2D eigenvalue weighted by molar-refractivity contribution is 5.94. The second-order valence-electron chi connectivity index (χ2n) is 5.82. The predicted octanol–water partition coefficient (Wildman–Crippen LogP) is 3.19.